The van der Waals surface area contributed by atoms with E-state index in [0.29, 0.717) is 11.0 Å². The maximum Gasteiger partial charge on any atom is 0.386 e. The van der Waals surface area contributed by atoms with E-state index in [0.717, 1.165) is 12.7 Å². The number of ether oxygens (including phenoxy) is 2. The summed E-state index contributed by atoms with van der Waals surface area (Å²) in [5, 5.41) is 11.2. The summed E-state index contributed by atoms with van der Waals surface area (Å²) < 4.78 is 66.1. The van der Waals surface area contributed by atoms with Crippen molar-refractivity contribution >= 4 is 59.8 Å². The number of alkyl halides is 1. The number of aliphatic hydroxyl groups excluding tert-OH is 1. The molecule has 3 N–H and O–H groups in total. The number of hydrogen-bond donors (Lipinski definition) is 4. The number of rotatable bonds is 2. The van der Waals surface area contributed by atoms with Gasteiger partial charge in [-0.3, -0.25) is 22.9 Å². The Labute approximate surface area is 251 Å². The molecule has 1 aromatic carbocycles. The van der Waals surface area contributed by atoms with Crippen molar-refractivity contribution in [2.24, 2.45) is 0 Å². The molecule has 7 rings (SSSR count). The number of thiol groups is 1. The van der Waals surface area contributed by atoms with Crippen LogP contribution in [0.25, 0.3) is 22.2 Å². The Morgan fingerprint density at radius 1 is 1.02 bits per heavy atom. The molecule has 6 heterocycles. The quantitative estimate of drug-likeness (QED) is 0.177. The lowest BCUT2D eigenvalue weighted by Crippen LogP contribution is -2.38. The normalized spacial score (nSPS) is 38.9. The number of imidazole rings is 2. The van der Waals surface area contributed by atoms with Gasteiger partial charge in [0.25, 0.3) is 5.56 Å². The number of para-hydroxylation sites is 2. The molecule has 4 unspecified atom stereocenters. The summed E-state index contributed by atoms with van der Waals surface area (Å²) in [6.45, 7) is -9.54. The Morgan fingerprint density at radius 2 is 1.74 bits per heavy atom. The number of benzene rings is 1. The van der Waals surface area contributed by atoms with Crippen molar-refractivity contribution in [2.75, 3.05) is 13.2 Å². The van der Waals surface area contributed by atoms with Gasteiger partial charge in [-0.2, -0.15) is 0 Å². The van der Waals surface area contributed by atoms with E-state index >= 15 is 4.39 Å². The molecule has 3 saturated heterocycles. The van der Waals surface area contributed by atoms with Gasteiger partial charge < -0.3 is 33.5 Å². The van der Waals surface area contributed by atoms with Crippen molar-refractivity contribution in [3.05, 3.63) is 53.6 Å². The Hall–Kier alpha value is -2.12. The van der Waals surface area contributed by atoms with E-state index in [-0.39, 0.29) is 11.2 Å². The van der Waals surface area contributed by atoms with Crippen LogP contribution in [0.5, 0.6) is 0 Å². The average Bonchev–Trinajstić information content (AvgIpc) is 3.72. The Bertz CT molecular complexity index is 1840. The summed E-state index contributed by atoms with van der Waals surface area (Å²) in [5.74, 6) is 0. The number of aromatic nitrogens is 6. The van der Waals surface area contributed by atoms with Crippen LogP contribution in [0.2, 0.25) is 0 Å². The van der Waals surface area contributed by atoms with Crippen LogP contribution in [0.1, 0.15) is 12.5 Å². The smallest absolute Gasteiger partial charge is 0.386 e. The highest BCUT2D eigenvalue weighted by molar-refractivity contribution is 8.44. The first-order chi connectivity index (χ1) is 20.5. The van der Waals surface area contributed by atoms with Crippen molar-refractivity contribution < 1.29 is 46.5 Å². The van der Waals surface area contributed by atoms with Gasteiger partial charge in [0.1, 0.15) is 30.5 Å². The highest BCUT2D eigenvalue weighted by atomic mass is 32.7. The molecule has 43 heavy (non-hydrogen) atoms. The van der Waals surface area contributed by atoms with Gasteiger partial charge in [0.2, 0.25) is 0 Å². The lowest BCUT2D eigenvalue weighted by atomic mass is 10.1. The minimum Gasteiger partial charge on any atom is -0.386 e. The summed E-state index contributed by atoms with van der Waals surface area (Å²) in [4.78, 5) is 37.7. The summed E-state index contributed by atoms with van der Waals surface area (Å²) in [6, 6.07) is 7.14. The first kappa shape index (κ1) is 29.6. The highest BCUT2D eigenvalue weighted by Crippen LogP contribution is 2.58. The Morgan fingerprint density at radius 3 is 2.58 bits per heavy atom. The fourth-order valence-corrected chi connectivity index (χ4v) is 8.25. The molecule has 0 aliphatic carbocycles. The average molecular weight is 677 g/mol. The summed E-state index contributed by atoms with van der Waals surface area (Å²) in [7, 11) is 0. The van der Waals surface area contributed by atoms with Crippen molar-refractivity contribution in [2.45, 2.75) is 49.1 Å². The summed E-state index contributed by atoms with van der Waals surface area (Å²) >= 11 is 9.24. The molecule has 3 aromatic heterocycles. The molecule has 21 heteroatoms. The molecule has 0 spiro atoms. The predicted octanol–water partition coefficient (Wildman–Crippen LogP) is 1.74. The van der Waals surface area contributed by atoms with Gasteiger partial charge >= 0.3 is 13.5 Å². The predicted molar refractivity (Wildman–Crippen MR) is 151 cm³/mol. The second kappa shape index (κ2) is 11.0. The molecular formula is C22H23FN6O10P2S2. The molecule has 3 aliphatic heterocycles. The standard InChI is InChI=1S/C22H23FN6O10P2S2/c23-14-17-12(36-21(14)29-9-27-15-19(29)24-7-25-20(15)31)5-34-41(33,43)39-18-13(6-35-40(32,42)38-17)37-22(16(18)30)28-8-26-10-3-1-2-4-11(10)28/h1-4,7-9,12-14,16-18,21-22,30H,5-6H2,(H,32,42)(H,33,43)(H,24,25,31)/t12-,13-,14+,16?,17?,18+,21-,22-,40?,41?/m1/s1. The molecule has 230 valence electrons. The van der Waals surface area contributed by atoms with Crippen LogP contribution in [0.4, 0.5) is 4.39 Å². The first-order valence-corrected chi connectivity index (χ1v) is 18.1. The molecule has 0 bridgehead atoms. The largest absolute Gasteiger partial charge is 0.386 e. The van der Waals surface area contributed by atoms with E-state index in [1.54, 1.807) is 28.8 Å². The van der Waals surface area contributed by atoms with Crippen LogP contribution in [-0.4, -0.2) is 89.0 Å². The molecule has 0 amide bonds. The molecule has 4 aromatic rings. The number of halogens is 1. The lowest BCUT2D eigenvalue weighted by molar-refractivity contribution is -0.0569. The van der Waals surface area contributed by atoms with E-state index in [2.05, 4.69) is 32.2 Å². The monoisotopic (exact) mass is 676 g/mol. The van der Waals surface area contributed by atoms with Gasteiger partial charge in [-0.15, -0.1) is 0 Å². The molecule has 3 aliphatic rings. The van der Waals surface area contributed by atoms with Crippen LogP contribution < -0.4 is 5.56 Å². The van der Waals surface area contributed by atoms with Gasteiger partial charge in [-0.1, -0.05) is 24.4 Å². The van der Waals surface area contributed by atoms with E-state index < -0.39 is 81.4 Å². The fourth-order valence-electron chi connectivity index (χ4n) is 5.33. The van der Waals surface area contributed by atoms with Crippen molar-refractivity contribution in [1.82, 2.24) is 29.1 Å². The van der Waals surface area contributed by atoms with Crippen LogP contribution >= 0.6 is 25.8 Å². The first-order valence-electron chi connectivity index (χ1n) is 12.8. The highest BCUT2D eigenvalue weighted by Gasteiger charge is 2.53. The van der Waals surface area contributed by atoms with Gasteiger partial charge in [-0.25, -0.2) is 23.9 Å². The number of fused-ring (bicyclic) bond motifs is 4. The second-order valence-corrected chi connectivity index (χ2v) is 15.6. The third-order valence-electron chi connectivity index (χ3n) is 7.28. The maximum atomic E-state index is 15.9. The zero-order valence-corrected chi connectivity index (χ0v) is 25.1. The minimum absolute atomic E-state index is 0.0229. The molecular weight excluding hydrogens is 653 g/mol. The van der Waals surface area contributed by atoms with Crippen molar-refractivity contribution in [3.8, 4) is 0 Å². The number of nitrogens with one attached hydrogen (secondary N) is 1. The molecule has 10 atom stereocenters. The van der Waals surface area contributed by atoms with Gasteiger partial charge in [0.15, 0.2) is 29.8 Å². The maximum absolute atomic E-state index is 15.9. The summed E-state index contributed by atoms with van der Waals surface area (Å²) in [5.41, 5.74) is 0.701. The van der Waals surface area contributed by atoms with E-state index in [9.17, 15) is 19.4 Å². The van der Waals surface area contributed by atoms with Crippen molar-refractivity contribution in [3.63, 3.8) is 0 Å². The third kappa shape index (κ3) is 5.41. The zero-order chi connectivity index (χ0) is 30.1. The third-order valence-corrected chi connectivity index (χ3v) is 10.5. The lowest BCUT2D eigenvalue weighted by Gasteiger charge is -2.29. The molecule has 0 radical (unpaired) electrons. The van der Waals surface area contributed by atoms with Gasteiger partial charge in [-0.05, 0) is 23.9 Å². The molecule has 3 fully saturated rings. The van der Waals surface area contributed by atoms with Gasteiger partial charge in [0, 0.05) is 0 Å². The van der Waals surface area contributed by atoms with Crippen LogP contribution in [0.15, 0.2) is 48.0 Å². The molecule has 0 saturated carbocycles. The van der Waals surface area contributed by atoms with E-state index in [1.165, 1.54) is 10.9 Å². The van der Waals surface area contributed by atoms with Crippen LogP contribution in [-0.2, 0) is 43.9 Å². The van der Waals surface area contributed by atoms with E-state index in [4.69, 9.17) is 39.4 Å². The number of hydrogen-bond acceptors (Lipinski definition) is 13. The summed E-state index contributed by atoms with van der Waals surface area (Å²) in [6.07, 6.45) is -7.56. The number of H-pyrrole nitrogens is 1. The Balaban J connectivity index is 1.17. The fraction of sp³-hybridized carbons (Fsp3) is 0.455. The SMILES string of the molecule is O=c1[nH]cnc2c1ncn2[C@@H]1O[C@@H]2COP(O)(=S)O[C@@H]3C(O)[C@H](n4cnc5ccccc54)O[C@@H]3COP(=O)(S)OC2[C@@H]1F. The zero-order valence-electron chi connectivity index (χ0n) is 21.6. The van der Waals surface area contributed by atoms with Crippen LogP contribution in [0, 0.1) is 0 Å². The van der Waals surface area contributed by atoms with Gasteiger partial charge in [0.05, 0.1) is 43.2 Å². The topological polar surface area (TPSA) is 194 Å². The number of aromatic amines is 1. The van der Waals surface area contributed by atoms with E-state index in [1.807, 2.05) is 0 Å². The molecule has 16 nitrogen and oxygen atoms in total. The van der Waals surface area contributed by atoms with Crippen molar-refractivity contribution in [1.29, 1.82) is 0 Å². The number of aliphatic hydroxyl groups is 1. The van der Waals surface area contributed by atoms with Crippen LogP contribution in [0.3, 0.4) is 0 Å². The Kier molecular flexibility index (Phi) is 7.60. The second-order valence-electron chi connectivity index (χ2n) is 9.93. The number of nitrogens with zero attached hydrogens (tertiary/aromatic N) is 5. The minimum atomic E-state index is -4.32.